The molecular weight excluding hydrogens is 354 g/mol. The summed E-state index contributed by atoms with van der Waals surface area (Å²) in [5, 5.41) is 3.67. The van der Waals surface area contributed by atoms with E-state index in [4.69, 9.17) is 0 Å². The summed E-state index contributed by atoms with van der Waals surface area (Å²) in [5.41, 5.74) is 1.43. The Hall–Kier alpha value is -3.41. The zero-order valence-electron chi connectivity index (χ0n) is 15.6. The van der Waals surface area contributed by atoms with Crippen molar-refractivity contribution in [2.24, 2.45) is 13.0 Å². The van der Waals surface area contributed by atoms with Crippen molar-refractivity contribution in [3.63, 3.8) is 0 Å². The Morgan fingerprint density at radius 3 is 2.57 bits per heavy atom. The summed E-state index contributed by atoms with van der Waals surface area (Å²) < 4.78 is 1.49. The van der Waals surface area contributed by atoms with Gasteiger partial charge in [-0.05, 0) is 29.7 Å². The van der Waals surface area contributed by atoms with Crippen LogP contribution in [0.5, 0.6) is 0 Å². The molecule has 1 saturated heterocycles. The second-order valence-electron chi connectivity index (χ2n) is 7.10. The third-order valence-corrected chi connectivity index (χ3v) is 5.20. The quantitative estimate of drug-likeness (QED) is 0.761. The maximum absolute atomic E-state index is 12.6. The summed E-state index contributed by atoms with van der Waals surface area (Å²) in [4.78, 5) is 39.2. The maximum atomic E-state index is 12.6. The molecular formula is C22H21N3O3. The van der Waals surface area contributed by atoms with Crippen LogP contribution in [0.25, 0.3) is 10.9 Å². The second-order valence-corrected chi connectivity index (χ2v) is 7.10. The zero-order valence-corrected chi connectivity index (χ0v) is 15.6. The Balaban J connectivity index is 1.47. The van der Waals surface area contributed by atoms with E-state index < -0.39 is 5.91 Å². The van der Waals surface area contributed by atoms with E-state index in [0.29, 0.717) is 19.5 Å². The normalized spacial score (nSPS) is 16.5. The highest BCUT2D eigenvalue weighted by Crippen LogP contribution is 2.24. The summed E-state index contributed by atoms with van der Waals surface area (Å²) in [7, 11) is 1.66. The molecule has 1 atom stereocenters. The standard InChI is InChI=1S/C22H21N3O3/c1-24-19-10-6-5-7-16(19)12-18(22(24)28)21(27)23-13-15-11-20(26)25(14-15)17-8-3-2-4-9-17/h2-10,12,15H,11,13-14H2,1H3,(H,23,27)/t15-/m0/s1. The number of nitrogens with zero attached hydrogens (tertiary/aromatic N) is 2. The number of rotatable bonds is 4. The van der Waals surface area contributed by atoms with E-state index in [2.05, 4.69) is 5.32 Å². The van der Waals surface area contributed by atoms with Crippen LogP contribution in [0.15, 0.2) is 65.5 Å². The van der Waals surface area contributed by atoms with Crippen molar-refractivity contribution in [2.45, 2.75) is 6.42 Å². The van der Waals surface area contributed by atoms with Crippen LogP contribution in [0.3, 0.4) is 0 Å². The lowest BCUT2D eigenvalue weighted by Gasteiger charge is -2.17. The zero-order chi connectivity index (χ0) is 19.7. The van der Waals surface area contributed by atoms with Gasteiger partial charge in [0.1, 0.15) is 5.56 Å². The highest BCUT2D eigenvalue weighted by molar-refractivity contribution is 5.98. The second kappa shape index (κ2) is 7.31. The highest BCUT2D eigenvalue weighted by Gasteiger charge is 2.30. The molecule has 1 fully saturated rings. The largest absolute Gasteiger partial charge is 0.352 e. The summed E-state index contributed by atoms with van der Waals surface area (Å²) in [6.45, 7) is 0.906. The molecule has 2 amide bonds. The number of carbonyl (C=O) groups is 2. The molecule has 1 aliphatic rings. The number of hydrogen-bond acceptors (Lipinski definition) is 3. The van der Waals surface area contributed by atoms with E-state index in [-0.39, 0.29) is 22.9 Å². The third-order valence-electron chi connectivity index (χ3n) is 5.20. The minimum atomic E-state index is -0.406. The number of fused-ring (bicyclic) bond motifs is 1. The highest BCUT2D eigenvalue weighted by atomic mass is 16.2. The van der Waals surface area contributed by atoms with E-state index in [1.807, 2.05) is 54.6 Å². The van der Waals surface area contributed by atoms with Crippen LogP contribution in [-0.4, -0.2) is 29.5 Å². The first-order chi connectivity index (χ1) is 13.5. The van der Waals surface area contributed by atoms with Crippen molar-refractivity contribution in [3.05, 3.63) is 76.6 Å². The van der Waals surface area contributed by atoms with Gasteiger partial charge >= 0.3 is 0 Å². The van der Waals surface area contributed by atoms with E-state index in [0.717, 1.165) is 16.6 Å². The first-order valence-corrected chi connectivity index (χ1v) is 9.27. The lowest BCUT2D eigenvalue weighted by molar-refractivity contribution is -0.117. The predicted octanol–water partition coefficient (Wildman–Crippen LogP) is 2.32. The van der Waals surface area contributed by atoms with Crippen molar-refractivity contribution in [3.8, 4) is 0 Å². The molecule has 0 saturated carbocycles. The van der Waals surface area contributed by atoms with Gasteiger partial charge in [-0.15, -0.1) is 0 Å². The van der Waals surface area contributed by atoms with Crippen LogP contribution < -0.4 is 15.8 Å². The van der Waals surface area contributed by atoms with Crippen molar-refractivity contribution in [1.82, 2.24) is 9.88 Å². The Labute approximate surface area is 162 Å². The lowest BCUT2D eigenvalue weighted by atomic mass is 10.1. The Bertz CT molecular complexity index is 1100. The lowest BCUT2D eigenvalue weighted by Crippen LogP contribution is -2.35. The fourth-order valence-corrected chi connectivity index (χ4v) is 3.69. The third kappa shape index (κ3) is 3.29. The number of aromatic nitrogens is 1. The van der Waals surface area contributed by atoms with Crippen molar-refractivity contribution < 1.29 is 9.59 Å². The van der Waals surface area contributed by atoms with E-state index in [1.165, 1.54) is 4.57 Å². The van der Waals surface area contributed by atoms with Gasteiger partial charge in [-0.3, -0.25) is 14.4 Å². The van der Waals surface area contributed by atoms with Crippen molar-refractivity contribution >= 4 is 28.4 Å². The van der Waals surface area contributed by atoms with E-state index in [1.54, 1.807) is 18.0 Å². The van der Waals surface area contributed by atoms with Crippen LogP contribution in [0.4, 0.5) is 5.69 Å². The smallest absolute Gasteiger partial charge is 0.263 e. The molecule has 0 aliphatic carbocycles. The molecule has 28 heavy (non-hydrogen) atoms. The van der Waals surface area contributed by atoms with Crippen LogP contribution in [0.2, 0.25) is 0 Å². The number of aryl methyl sites for hydroxylation is 1. The number of carbonyl (C=O) groups excluding carboxylic acids is 2. The Morgan fingerprint density at radius 1 is 1.07 bits per heavy atom. The maximum Gasteiger partial charge on any atom is 0.263 e. The molecule has 1 N–H and O–H groups in total. The summed E-state index contributed by atoms with van der Waals surface area (Å²) in [5.74, 6) is -0.343. The van der Waals surface area contributed by atoms with Gasteiger partial charge in [0.25, 0.3) is 11.5 Å². The van der Waals surface area contributed by atoms with Gasteiger partial charge in [-0.1, -0.05) is 36.4 Å². The average molecular weight is 375 g/mol. The molecule has 142 valence electrons. The summed E-state index contributed by atoms with van der Waals surface area (Å²) in [6.07, 6.45) is 0.380. The number of anilines is 1. The molecule has 1 aromatic heterocycles. The molecule has 0 unspecified atom stereocenters. The SMILES string of the molecule is Cn1c(=O)c(C(=O)NC[C@@H]2CC(=O)N(c3ccccc3)C2)cc2ccccc21. The number of benzene rings is 2. The summed E-state index contributed by atoms with van der Waals surface area (Å²) >= 11 is 0. The van der Waals surface area contributed by atoms with Gasteiger partial charge < -0.3 is 14.8 Å². The van der Waals surface area contributed by atoms with Gasteiger partial charge in [-0.25, -0.2) is 0 Å². The molecule has 6 heteroatoms. The molecule has 3 aromatic rings. The van der Waals surface area contributed by atoms with Crippen molar-refractivity contribution in [1.29, 1.82) is 0 Å². The number of hydrogen-bond donors (Lipinski definition) is 1. The molecule has 0 bridgehead atoms. The molecule has 6 nitrogen and oxygen atoms in total. The number of amides is 2. The minimum absolute atomic E-state index is 0.0148. The molecule has 0 spiro atoms. The minimum Gasteiger partial charge on any atom is -0.352 e. The number of nitrogens with one attached hydrogen (secondary N) is 1. The van der Waals surface area contributed by atoms with E-state index >= 15 is 0 Å². The summed E-state index contributed by atoms with van der Waals surface area (Å²) in [6, 6.07) is 18.6. The van der Waals surface area contributed by atoms with Crippen LogP contribution in [-0.2, 0) is 11.8 Å². The first kappa shape index (κ1) is 18.0. The van der Waals surface area contributed by atoms with Gasteiger partial charge in [0.2, 0.25) is 5.91 Å². The molecule has 0 radical (unpaired) electrons. The average Bonchev–Trinajstić information content (AvgIpc) is 3.10. The van der Waals surface area contributed by atoms with Crippen molar-refractivity contribution in [2.75, 3.05) is 18.0 Å². The molecule has 2 heterocycles. The number of para-hydroxylation sites is 2. The van der Waals surface area contributed by atoms with E-state index in [9.17, 15) is 14.4 Å². The van der Waals surface area contributed by atoms with Gasteiger partial charge in [0, 0.05) is 38.2 Å². The molecule has 2 aromatic carbocycles. The van der Waals surface area contributed by atoms with Gasteiger partial charge in [0.15, 0.2) is 0 Å². The number of pyridine rings is 1. The predicted molar refractivity (Wildman–Crippen MR) is 108 cm³/mol. The Kier molecular flexibility index (Phi) is 4.69. The fourth-order valence-electron chi connectivity index (χ4n) is 3.69. The molecule has 4 rings (SSSR count). The monoisotopic (exact) mass is 375 g/mol. The van der Waals surface area contributed by atoms with Gasteiger partial charge in [0.05, 0.1) is 5.52 Å². The van der Waals surface area contributed by atoms with Crippen LogP contribution >= 0.6 is 0 Å². The topological polar surface area (TPSA) is 71.4 Å². The van der Waals surface area contributed by atoms with Crippen LogP contribution in [0.1, 0.15) is 16.8 Å². The fraction of sp³-hybridized carbons (Fsp3) is 0.227. The first-order valence-electron chi connectivity index (χ1n) is 9.27. The van der Waals surface area contributed by atoms with Gasteiger partial charge in [-0.2, -0.15) is 0 Å². The Morgan fingerprint density at radius 2 is 1.79 bits per heavy atom. The molecule has 1 aliphatic heterocycles. The van der Waals surface area contributed by atoms with Crippen LogP contribution in [0, 0.1) is 5.92 Å².